The number of rotatable bonds is 9. The molecule has 11 heteroatoms. The van der Waals surface area contributed by atoms with Gasteiger partial charge in [0.25, 0.3) is 5.91 Å². The predicted octanol–water partition coefficient (Wildman–Crippen LogP) is 3.98. The van der Waals surface area contributed by atoms with E-state index in [1.54, 1.807) is 39.3 Å². The van der Waals surface area contributed by atoms with Gasteiger partial charge in [-0.3, -0.25) is 10.1 Å². The number of nitrogens with one attached hydrogen (secondary N) is 1. The van der Waals surface area contributed by atoms with E-state index >= 15 is 0 Å². The first-order valence-electron chi connectivity index (χ1n) is 11.2. The van der Waals surface area contributed by atoms with Crippen LogP contribution in [0, 0.1) is 0 Å². The molecule has 1 N–H and O–H groups in total. The van der Waals surface area contributed by atoms with Gasteiger partial charge in [-0.1, -0.05) is 30.4 Å². The van der Waals surface area contributed by atoms with Gasteiger partial charge in [0.1, 0.15) is 0 Å². The number of thiazole rings is 1. The van der Waals surface area contributed by atoms with Gasteiger partial charge in [0.2, 0.25) is 0 Å². The van der Waals surface area contributed by atoms with Gasteiger partial charge >= 0.3 is 0 Å². The Morgan fingerprint density at radius 3 is 2.43 bits per heavy atom. The third-order valence-corrected chi connectivity index (χ3v) is 8.46. The van der Waals surface area contributed by atoms with E-state index in [2.05, 4.69) is 10.3 Å². The summed E-state index contributed by atoms with van der Waals surface area (Å²) in [6, 6.07) is 9.84. The van der Waals surface area contributed by atoms with Crippen LogP contribution in [0.5, 0.6) is 11.5 Å². The van der Waals surface area contributed by atoms with E-state index in [0.29, 0.717) is 53.8 Å². The molecule has 0 saturated carbocycles. The van der Waals surface area contributed by atoms with Crippen molar-refractivity contribution in [3.8, 4) is 11.5 Å². The first-order chi connectivity index (χ1) is 16.8. The fourth-order valence-corrected chi connectivity index (χ4v) is 5.56. The summed E-state index contributed by atoms with van der Waals surface area (Å²) in [5.74, 6) is 0.734. The number of hydrogen-bond donors (Lipinski definition) is 1. The van der Waals surface area contributed by atoms with E-state index in [1.807, 2.05) is 6.07 Å². The van der Waals surface area contributed by atoms with E-state index in [-0.39, 0.29) is 22.7 Å². The largest absolute Gasteiger partial charge is 0.493 e. The van der Waals surface area contributed by atoms with Crippen molar-refractivity contribution < 1.29 is 32.2 Å². The average Bonchev–Trinajstić information content (AvgIpc) is 3.27. The maximum Gasteiger partial charge on any atom is 0.259 e. The van der Waals surface area contributed by atoms with Gasteiger partial charge in [-0.25, -0.2) is 13.4 Å². The summed E-state index contributed by atoms with van der Waals surface area (Å²) in [6.45, 7) is 2.72. The fraction of sp³-hybridized carbons (Fsp3) is 0.417. The minimum atomic E-state index is -3.35. The molecule has 0 spiro atoms. The normalized spacial score (nSPS) is 15.6. The van der Waals surface area contributed by atoms with E-state index in [0.717, 1.165) is 4.70 Å². The minimum absolute atomic E-state index is 0.00200. The molecule has 0 bridgehead atoms. The van der Waals surface area contributed by atoms with Crippen molar-refractivity contribution in [1.82, 2.24) is 4.98 Å². The van der Waals surface area contributed by atoms with Crippen LogP contribution in [0.3, 0.4) is 0 Å². The number of carbonyl (C=O) groups excluding carboxylic acids is 1. The fourth-order valence-electron chi connectivity index (χ4n) is 3.79. The summed E-state index contributed by atoms with van der Waals surface area (Å²) in [5.41, 5.74) is 1.23. The lowest BCUT2D eigenvalue weighted by atomic mass is 10.1. The lowest BCUT2D eigenvalue weighted by Gasteiger charge is -2.27. The summed E-state index contributed by atoms with van der Waals surface area (Å²) < 4.78 is 47.5. The third-order valence-electron chi connectivity index (χ3n) is 5.78. The second kappa shape index (κ2) is 10.9. The molecule has 0 radical (unpaired) electrons. The Labute approximate surface area is 208 Å². The Morgan fingerprint density at radius 2 is 1.80 bits per heavy atom. The van der Waals surface area contributed by atoms with Crippen LogP contribution in [-0.4, -0.2) is 58.6 Å². The Balaban J connectivity index is 1.60. The highest BCUT2D eigenvalue weighted by Gasteiger charge is 2.28. The first kappa shape index (κ1) is 25.4. The molecule has 1 aliphatic heterocycles. The SMILES string of the molecule is CCS(=O)(=O)c1ccc(C(OC2CCOCC2)C(=O)Nc2nc3cc(OC)c(OC)cc3s2)cc1. The Bertz CT molecular complexity index is 1240. The number of anilines is 1. The van der Waals surface area contributed by atoms with E-state index in [9.17, 15) is 13.2 Å². The maximum atomic E-state index is 13.4. The van der Waals surface area contributed by atoms with Crippen LogP contribution >= 0.6 is 11.3 Å². The number of fused-ring (bicyclic) bond motifs is 1. The molecule has 2 heterocycles. The van der Waals surface area contributed by atoms with Gasteiger partial charge in [-0.05, 0) is 30.5 Å². The summed E-state index contributed by atoms with van der Waals surface area (Å²) in [4.78, 5) is 18.1. The highest BCUT2D eigenvalue weighted by molar-refractivity contribution is 7.91. The molecule has 4 rings (SSSR count). The quantitative estimate of drug-likeness (QED) is 0.451. The van der Waals surface area contributed by atoms with Crippen LogP contribution < -0.4 is 14.8 Å². The Kier molecular flexibility index (Phi) is 7.90. The first-order valence-corrected chi connectivity index (χ1v) is 13.7. The molecule has 0 aliphatic carbocycles. The zero-order chi connectivity index (χ0) is 25.0. The van der Waals surface area contributed by atoms with Gasteiger partial charge in [-0.2, -0.15) is 0 Å². The Hall–Kier alpha value is -2.73. The summed E-state index contributed by atoms with van der Waals surface area (Å²) >= 11 is 1.31. The van der Waals surface area contributed by atoms with E-state index < -0.39 is 15.9 Å². The molecule has 3 aromatic rings. The Morgan fingerprint density at radius 1 is 1.14 bits per heavy atom. The van der Waals surface area contributed by atoms with Crippen molar-refractivity contribution in [3.63, 3.8) is 0 Å². The van der Waals surface area contributed by atoms with E-state index in [4.69, 9.17) is 18.9 Å². The predicted molar refractivity (Wildman–Crippen MR) is 133 cm³/mol. The highest BCUT2D eigenvalue weighted by atomic mass is 32.2. The zero-order valence-electron chi connectivity index (χ0n) is 19.8. The van der Waals surface area contributed by atoms with Gasteiger partial charge in [0.15, 0.2) is 32.6 Å². The molecule has 1 saturated heterocycles. The molecule has 1 aromatic heterocycles. The summed E-state index contributed by atoms with van der Waals surface area (Å²) in [6.07, 6.45) is 0.259. The smallest absolute Gasteiger partial charge is 0.259 e. The lowest BCUT2D eigenvalue weighted by Crippen LogP contribution is -2.31. The molecule has 1 fully saturated rings. The minimum Gasteiger partial charge on any atom is -0.493 e. The second-order valence-electron chi connectivity index (χ2n) is 7.98. The van der Waals surface area contributed by atoms with Crippen molar-refractivity contribution in [2.24, 2.45) is 0 Å². The van der Waals surface area contributed by atoms with Crippen molar-refractivity contribution in [3.05, 3.63) is 42.0 Å². The van der Waals surface area contributed by atoms with Gasteiger partial charge < -0.3 is 18.9 Å². The topological polar surface area (TPSA) is 113 Å². The molecule has 35 heavy (non-hydrogen) atoms. The third kappa shape index (κ3) is 5.75. The lowest BCUT2D eigenvalue weighted by molar-refractivity contribution is -0.136. The van der Waals surface area contributed by atoms with Crippen LogP contribution in [0.1, 0.15) is 31.4 Å². The zero-order valence-corrected chi connectivity index (χ0v) is 21.4. The monoisotopic (exact) mass is 520 g/mol. The van der Waals surface area contributed by atoms with Crippen molar-refractivity contribution in [1.29, 1.82) is 0 Å². The molecule has 1 aliphatic rings. The number of amides is 1. The molecule has 188 valence electrons. The highest BCUT2D eigenvalue weighted by Crippen LogP contribution is 2.36. The number of ether oxygens (including phenoxy) is 4. The van der Waals surface area contributed by atoms with Crippen LogP contribution in [0.15, 0.2) is 41.3 Å². The van der Waals surface area contributed by atoms with Crippen LogP contribution in [0.2, 0.25) is 0 Å². The van der Waals surface area contributed by atoms with Gasteiger partial charge in [0, 0.05) is 25.3 Å². The van der Waals surface area contributed by atoms with Crippen LogP contribution in [0.25, 0.3) is 10.2 Å². The number of hydrogen-bond acceptors (Lipinski definition) is 9. The number of carbonyl (C=O) groups is 1. The molecule has 1 unspecified atom stereocenters. The molecule has 1 atom stereocenters. The molecular weight excluding hydrogens is 492 g/mol. The molecule has 2 aromatic carbocycles. The van der Waals surface area contributed by atoms with Crippen molar-refractivity contribution >= 4 is 42.4 Å². The summed E-state index contributed by atoms with van der Waals surface area (Å²) in [5, 5.41) is 3.27. The number of aromatic nitrogens is 1. The average molecular weight is 521 g/mol. The maximum absolute atomic E-state index is 13.4. The van der Waals surface area contributed by atoms with Gasteiger partial charge in [-0.15, -0.1) is 0 Å². The van der Waals surface area contributed by atoms with E-state index in [1.165, 1.54) is 23.5 Å². The van der Waals surface area contributed by atoms with Crippen molar-refractivity contribution in [2.75, 3.05) is 38.5 Å². The second-order valence-corrected chi connectivity index (χ2v) is 11.3. The van der Waals surface area contributed by atoms with Gasteiger partial charge in [0.05, 0.1) is 41.2 Å². The number of benzene rings is 2. The van der Waals surface area contributed by atoms with Crippen LogP contribution in [0.4, 0.5) is 5.13 Å². The number of sulfone groups is 1. The standard InChI is InChI=1S/C24H28N2O7S2/c1-4-35(28,29)17-7-5-15(6-8-17)22(33-16-9-11-32-12-10-16)23(27)26-24-25-18-13-19(30-2)20(31-3)14-21(18)34-24/h5-8,13-14,16,22H,4,9-12H2,1-3H3,(H,25,26,27). The number of methoxy groups -OCH3 is 2. The molecular formula is C24H28N2O7S2. The van der Waals surface area contributed by atoms with Crippen molar-refractivity contribution in [2.45, 2.75) is 36.9 Å². The molecule has 9 nitrogen and oxygen atoms in total. The number of nitrogens with zero attached hydrogens (tertiary/aromatic N) is 1. The molecule has 1 amide bonds. The summed E-state index contributed by atoms with van der Waals surface area (Å²) in [7, 11) is -0.242. The van der Waals surface area contributed by atoms with Crippen LogP contribution in [-0.2, 0) is 24.1 Å².